The number of rotatable bonds is 6. The number of anilines is 1. The van der Waals surface area contributed by atoms with Crippen LogP contribution in [0.15, 0.2) is 53.9 Å². The zero-order valence-corrected chi connectivity index (χ0v) is 14.9. The van der Waals surface area contributed by atoms with Crippen LogP contribution in [0.4, 0.5) is 5.69 Å². The van der Waals surface area contributed by atoms with Gasteiger partial charge in [-0.05, 0) is 42.8 Å². The quantitative estimate of drug-likeness (QED) is 0.740. The number of nitrogens with zero attached hydrogens (tertiary/aromatic N) is 1. The molecule has 0 bridgehead atoms. The number of aryl methyl sites for hydroxylation is 1. The first-order valence-electron chi connectivity index (χ1n) is 7.65. The van der Waals surface area contributed by atoms with Gasteiger partial charge in [0, 0.05) is 6.07 Å². The first-order valence-corrected chi connectivity index (χ1v) is 9.09. The van der Waals surface area contributed by atoms with Crippen molar-refractivity contribution in [3.8, 4) is 17.2 Å². The second-order valence-electron chi connectivity index (χ2n) is 5.49. The second kappa shape index (κ2) is 6.68. The van der Waals surface area contributed by atoms with E-state index in [4.69, 9.17) is 14.2 Å². The number of methoxy groups -OCH3 is 1. The van der Waals surface area contributed by atoms with Crippen LogP contribution in [0.3, 0.4) is 0 Å². The Labute approximate surface area is 147 Å². The van der Waals surface area contributed by atoms with E-state index in [0.717, 1.165) is 5.56 Å². The van der Waals surface area contributed by atoms with Gasteiger partial charge in [-0.1, -0.05) is 6.08 Å². The van der Waals surface area contributed by atoms with Crippen molar-refractivity contribution in [2.45, 2.75) is 11.8 Å². The topological polar surface area (TPSA) is 65.1 Å². The summed E-state index contributed by atoms with van der Waals surface area (Å²) >= 11 is 0. The lowest BCUT2D eigenvalue weighted by Crippen LogP contribution is -2.31. The van der Waals surface area contributed by atoms with Crippen LogP contribution in [0.25, 0.3) is 0 Å². The van der Waals surface area contributed by atoms with Gasteiger partial charge in [-0.2, -0.15) is 0 Å². The summed E-state index contributed by atoms with van der Waals surface area (Å²) in [5.74, 6) is 1.75. The van der Waals surface area contributed by atoms with Crippen LogP contribution in [-0.2, 0) is 10.0 Å². The predicted octanol–water partition coefficient (Wildman–Crippen LogP) is 3.11. The Hall–Kier alpha value is -2.67. The number of fused-ring (bicyclic) bond motifs is 1. The van der Waals surface area contributed by atoms with E-state index >= 15 is 0 Å². The summed E-state index contributed by atoms with van der Waals surface area (Å²) in [6.07, 6.45) is 1.54. The molecule has 3 rings (SSSR count). The number of ether oxygens (including phenoxy) is 3. The minimum Gasteiger partial charge on any atom is -0.496 e. The Bertz CT molecular complexity index is 908. The molecule has 1 aliphatic heterocycles. The van der Waals surface area contributed by atoms with Gasteiger partial charge in [-0.15, -0.1) is 6.58 Å². The Morgan fingerprint density at radius 2 is 1.96 bits per heavy atom. The van der Waals surface area contributed by atoms with Crippen LogP contribution in [0.1, 0.15) is 5.56 Å². The van der Waals surface area contributed by atoms with E-state index in [1.165, 1.54) is 10.4 Å². The van der Waals surface area contributed by atoms with E-state index < -0.39 is 10.0 Å². The summed E-state index contributed by atoms with van der Waals surface area (Å²) in [6, 6.07) is 9.81. The molecule has 1 heterocycles. The highest BCUT2D eigenvalue weighted by Gasteiger charge is 2.26. The number of hydrogen-bond acceptors (Lipinski definition) is 5. The van der Waals surface area contributed by atoms with Gasteiger partial charge in [0.1, 0.15) is 5.75 Å². The van der Waals surface area contributed by atoms with Crippen molar-refractivity contribution >= 4 is 15.7 Å². The third-order valence-corrected chi connectivity index (χ3v) is 5.68. The molecule has 0 amide bonds. The lowest BCUT2D eigenvalue weighted by Gasteiger charge is -2.23. The number of hydrogen-bond donors (Lipinski definition) is 0. The highest BCUT2D eigenvalue weighted by Crippen LogP contribution is 2.37. The Morgan fingerprint density at radius 1 is 1.20 bits per heavy atom. The van der Waals surface area contributed by atoms with Gasteiger partial charge < -0.3 is 14.2 Å². The lowest BCUT2D eigenvalue weighted by atomic mass is 10.2. The Balaban J connectivity index is 2.04. The molecule has 0 aliphatic carbocycles. The minimum absolute atomic E-state index is 0.130. The molecule has 0 spiro atoms. The third-order valence-electron chi connectivity index (χ3n) is 3.89. The fourth-order valence-corrected chi connectivity index (χ4v) is 4.15. The Morgan fingerprint density at radius 3 is 2.64 bits per heavy atom. The van der Waals surface area contributed by atoms with Crippen LogP contribution in [-0.4, -0.2) is 28.9 Å². The first kappa shape index (κ1) is 17.2. The molecular weight excluding hydrogens is 342 g/mol. The highest BCUT2D eigenvalue weighted by atomic mass is 32.2. The van der Waals surface area contributed by atoms with Gasteiger partial charge in [-0.25, -0.2) is 8.42 Å². The van der Waals surface area contributed by atoms with Crippen molar-refractivity contribution in [3.63, 3.8) is 0 Å². The van der Waals surface area contributed by atoms with Crippen molar-refractivity contribution in [2.75, 3.05) is 24.8 Å². The molecule has 1 aliphatic rings. The van der Waals surface area contributed by atoms with Crippen LogP contribution in [0, 0.1) is 6.92 Å². The number of benzene rings is 2. The highest BCUT2D eigenvalue weighted by molar-refractivity contribution is 7.92. The van der Waals surface area contributed by atoms with Gasteiger partial charge in [0.05, 0.1) is 24.2 Å². The molecule has 0 saturated heterocycles. The molecule has 25 heavy (non-hydrogen) atoms. The molecule has 7 heteroatoms. The van der Waals surface area contributed by atoms with E-state index in [0.29, 0.717) is 22.9 Å². The van der Waals surface area contributed by atoms with Crippen molar-refractivity contribution in [1.29, 1.82) is 0 Å². The van der Waals surface area contributed by atoms with Crippen molar-refractivity contribution in [3.05, 3.63) is 54.6 Å². The van der Waals surface area contributed by atoms with Crippen LogP contribution >= 0.6 is 0 Å². The van der Waals surface area contributed by atoms with Crippen molar-refractivity contribution in [1.82, 2.24) is 0 Å². The summed E-state index contributed by atoms with van der Waals surface area (Å²) in [7, 11) is -2.22. The minimum atomic E-state index is -3.77. The third kappa shape index (κ3) is 3.15. The average Bonchev–Trinajstić information content (AvgIpc) is 3.07. The molecule has 0 N–H and O–H groups in total. The van der Waals surface area contributed by atoms with Gasteiger partial charge in [0.2, 0.25) is 6.79 Å². The van der Waals surface area contributed by atoms with E-state index in [1.807, 2.05) is 0 Å². The molecular formula is C18H19NO5S. The first-order chi connectivity index (χ1) is 12.0. The zero-order valence-electron chi connectivity index (χ0n) is 14.1. The predicted molar refractivity (Wildman–Crippen MR) is 95.0 cm³/mol. The van der Waals surface area contributed by atoms with Crippen LogP contribution in [0.2, 0.25) is 0 Å². The molecule has 0 saturated carbocycles. The maximum Gasteiger partial charge on any atom is 0.264 e. The molecule has 132 valence electrons. The summed E-state index contributed by atoms with van der Waals surface area (Å²) in [5.41, 5.74) is 1.23. The second-order valence-corrected chi connectivity index (χ2v) is 7.36. The molecule has 0 fully saturated rings. The van der Waals surface area contributed by atoms with Gasteiger partial charge >= 0.3 is 0 Å². The zero-order chi connectivity index (χ0) is 18.0. The van der Waals surface area contributed by atoms with E-state index in [2.05, 4.69) is 6.58 Å². The summed E-state index contributed by atoms with van der Waals surface area (Å²) in [5, 5.41) is 0. The molecule has 0 unspecified atom stereocenters. The molecule has 2 aromatic carbocycles. The maximum atomic E-state index is 13.1. The normalized spacial score (nSPS) is 12.7. The van der Waals surface area contributed by atoms with Crippen molar-refractivity contribution < 1.29 is 22.6 Å². The van der Waals surface area contributed by atoms with Gasteiger partial charge in [0.25, 0.3) is 10.0 Å². The molecule has 0 atom stereocenters. The molecule has 0 radical (unpaired) electrons. The lowest BCUT2D eigenvalue weighted by molar-refractivity contribution is 0.174. The largest absolute Gasteiger partial charge is 0.496 e. The summed E-state index contributed by atoms with van der Waals surface area (Å²) in [4.78, 5) is 0.185. The van der Waals surface area contributed by atoms with Crippen molar-refractivity contribution in [2.24, 2.45) is 0 Å². The fourth-order valence-electron chi connectivity index (χ4n) is 2.64. The van der Waals surface area contributed by atoms with E-state index in [-0.39, 0.29) is 18.2 Å². The monoisotopic (exact) mass is 361 g/mol. The number of sulfonamides is 1. The standard InChI is InChI=1S/C18H19NO5S/c1-4-9-19(14-5-7-17-18(11-14)24-12-23-17)25(20,21)15-6-8-16(22-3)13(2)10-15/h4-8,10-11H,1,9,12H2,2-3H3. The molecule has 2 aromatic rings. The van der Waals surface area contributed by atoms with E-state index in [1.54, 1.807) is 50.4 Å². The molecule has 0 aromatic heterocycles. The maximum absolute atomic E-state index is 13.1. The SMILES string of the molecule is C=CCN(c1ccc2c(c1)OCO2)S(=O)(=O)c1ccc(OC)c(C)c1. The van der Waals surface area contributed by atoms with E-state index in [9.17, 15) is 8.42 Å². The average molecular weight is 361 g/mol. The summed E-state index contributed by atoms with van der Waals surface area (Å²) in [6.45, 7) is 5.73. The van der Waals surface area contributed by atoms with Gasteiger partial charge in [-0.3, -0.25) is 4.31 Å². The summed E-state index contributed by atoms with van der Waals surface area (Å²) < 4.78 is 43.4. The van der Waals surface area contributed by atoms with Crippen LogP contribution < -0.4 is 18.5 Å². The van der Waals surface area contributed by atoms with Crippen LogP contribution in [0.5, 0.6) is 17.2 Å². The molecule has 6 nitrogen and oxygen atoms in total. The van der Waals surface area contributed by atoms with Gasteiger partial charge in [0.15, 0.2) is 11.5 Å². The fraction of sp³-hybridized carbons (Fsp3) is 0.222. The Kier molecular flexibility index (Phi) is 4.59. The smallest absolute Gasteiger partial charge is 0.264 e.